The minimum atomic E-state index is 0. The Hall–Kier alpha value is -1.81. The van der Waals surface area contributed by atoms with E-state index in [0.29, 0.717) is 12.5 Å². The van der Waals surface area contributed by atoms with Gasteiger partial charge in [-0.15, -0.1) is 35.3 Å². The van der Waals surface area contributed by atoms with Crippen molar-refractivity contribution in [2.75, 3.05) is 37.6 Å². The van der Waals surface area contributed by atoms with Gasteiger partial charge in [-0.2, -0.15) is 0 Å². The van der Waals surface area contributed by atoms with Gasteiger partial charge >= 0.3 is 0 Å². The maximum atomic E-state index is 6.17. The fourth-order valence-corrected chi connectivity index (χ4v) is 3.74. The molecule has 0 amide bonds. The van der Waals surface area contributed by atoms with Crippen molar-refractivity contribution in [2.45, 2.75) is 6.42 Å². The quantitative estimate of drug-likeness (QED) is 0.351. The first-order valence-electron chi connectivity index (χ1n) is 8.46. The molecule has 1 aliphatic heterocycles. The summed E-state index contributed by atoms with van der Waals surface area (Å²) in [4.78, 5) is 13.3. The van der Waals surface area contributed by atoms with Crippen molar-refractivity contribution in [3.63, 3.8) is 0 Å². The molecule has 0 radical (unpaired) electrons. The standard InChI is InChI=1S/C18H21N5OS.HI/c19-17(22-8-10-23(11-9-22)18-21-7-12-25-18)20-6-5-15-13-14-3-1-2-4-16(14)24-15;/h1-4,7,12-13H,5-6,8-11H2,(H2,19,20);1H. The summed E-state index contributed by atoms with van der Waals surface area (Å²) in [5.41, 5.74) is 7.09. The minimum absolute atomic E-state index is 0. The average molecular weight is 483 g/mol. The molecule has 1 aliphatic rings. The first-order valence-corrected chi connectivity index (χ1v) is 9.34. The van der Waals surface area contributed by atoms with Crippen molar-refractivity contribution < 1.29 is 4.42 Å². The molecule has 26 heavy (non-hydrogen) atoms. The summed E-state index contributed by atoms with van der Waals surface area (Å²) in [6.07, 6.45) is 2.61. The molecule has 0 bridgehead atoms. The predicted octanol–water partition coefficient (Wildman–Crippen LogP) is 3.19. The second-order valence-corrected chi connectivity index (χ2v) is 6.90. The fraction of sp³-hybridized carbons (Fsp3) is 0.333. The molecule has 0 saturated carbocycles. The first-order chi connectivity index (χ1) is 12.3. The van der Waals surface area contributed by atoms with E-state index in [9.17, 15) is 0 Å². The molecule has 2 N–H and O–H groups in total. The topological polar surface area (TPSA) is 70.9 Å². The van der Waals surface area contributed by atoms with Crippen LogP contribution in [0.2, 0.25) is 0 Å². The van der Waals surface area contributed by atoms with Gasteiger partial charge in [0.05, 0.1) is 0 Å². The molecule has 0 atom stereocenters. The molecule has 1 aromatic carbocycles. The summed E-state index contributed by atoms with van der Waals surface area (Å²) in [7, 11) is 0. The van der Waals surface area contributed by atoms with E-state index in [4.69, 9.17) is 10.2 Å². The zero-order valence-corrected chi connectivity index (χ0v) is 17.5. The number of aliphatic imine (C=N–C) groups is 1. The molecule has 0 unspecified atom stereocenters. The Labute approximate surface area is 173 Å². The predicted molar refractivity (Wildman–Crippen MR) is 118 cm³/mol. The van der Waals surface area contributed by atoms with E-state index >= 15 is 0 Å². The summed E-state index contributed by atoms with van der Waals surface area (Å²) in [6, 6.07) is 10.1. The zero-order valence-electron chi connectivity index (χ0n) is 14.4. The lowest BCUT2D eigenvalue weighted by molar-refractivity contribution is 0.380. The number of anilines is 1. The molecule has 6 nitrogen and oxygen atoms in total. The number of hydrogen-bond acceptors (Lipinski definition) is 5. The van der Waals surface area contributed by atoms with Crippen LogP contribution in [-0.2, 0) is 6.42 Å². The molecule has 138 valence electrons. The Kier molecular flexibility index (Phi) is 6.36. The number of piperazine rings is 1. The third-order valence-electron chi connectivity index (χ3n) is 4.40. The summed E-state index contributed by atoms with van der Waals surface area (Å²) >= 11 is 1.68. The van der Waals surface area contributed by atoms with Gasteiger partial charge in [0.2, 0.25) is 0 Å². The van der Waals surface area contributed by atoms with E-state index in [0.717, 1.165) is 54.5 Å². The highest BCUT2D eigenvalue weighted by atomic mass is 127. The van der Waals surface area contributed by atoms with Crippen LogP contribution >= 0.6 is 35.3 Å². The van der Waals surface area contributed by atoms with Crippen LogP contribution in [0.15, 0.2) is 51.3 Å². The summed E-state index contributed by atoms with van der Waals surface area (Å²) in [5.74, 6) is 1.57. The third kappa shape index (κ3) is 4.29. The van der Waals surface area contributed by atoms with E-state index in [1.165, 1.54) is 0 Å². The second kappa shape index (κ2) is 8.72. The number of aromatic nitrogens is 1. The molecule has 2 aromatic heterocycles. The number of rotatable bonds is 4. The third-order valence-corrected chi connectivity index (χ3v) is 5.23. The molecule has 1 saturated heterocycles. The van der Waals surface area contributed by atoms with Gasteiger partial charge in [-0.3, -0.25) is 4.99 Å². The SMILES string of the molecule is I.NC(=NCCc1cc2ccccc2o1)N1CCN(c2nccs2)CC1. The van der Waals surface area contributed by atoms with Crippen molar-refractivity contribution in [3.8, 4) is 0 Å². The molecule has 3 aromatic rings. The summed E-state index contributed by atoms with van der Waals surface area (Å²) in [6.45, 7) is 4.23. The molecule has 8 heteroatoms. The number of benzene rings is 1. The van der Waals surface area contributed by atoms with E-state index < -0.39 is 0 Å². The average Bonchev–Trinajstić information content (AvgIpc) is 3.31. The molecule has 0 spiro atoms. The number of fused-ring (bicyclic) bond motifs is 1. The van der Waals surface area contributed by atoms with Crippen LogP contribution in [0.4, 0.5) is 5.13 Å². The number of guanidine groups is 1. The van der Waals surface area contributed by atoms with E-state index in [2.05, 4.69) is 31.9 Å². The van der Waals surface area contributed by atoms with Crippen LogP contribution in [0.1, 0.15) is 5.76 Å². The zero-order chi connectivity index (χ0) is 17.1. The molecular formula is C18H22IN5OS. The Morgan fingerprint density at radius 3 is 2.77 bits per heavy atom. The Balaban J connectivity index is 0.00000196. The van der Waals surface area contributed by atoms with E-state index in [1.807, 2.05) is 29.8 Å². The summed E-state index contributed by atoms with van der Waals surface area (Å²) in [5, 5.41) is 4.23. The molecule has 1 fully saturated rings. The second-order valence-electron chi connectivity index (χ2n) is 6.03. The van der Waals surface area contributed by atoms with Crippen molar-refractivity contribution in [2.24, 2.45) is 10.7 Å². The monoisotopic (exact) mass is 483 g/mol. The van der Waals surface area contributed by atoms with Crippen LogP contribution in [-0.4, -0.2) is 48.6 Å². The largest absolute Gasteiger partial charge is 0.461 e. The number of halogens is 1. The highest BCUT2D eigenvalue weighted by molar-refractivity contribution is 14.0. The van der Waals surface area contributed by atoms with E-state index in [1.54, 1.807) is 11.3 Å². The van der Waals surface area contributed by atoms with Crippen LogP contribution in [0.5, 0.6) is 0 Å². The van der Waals surface area contributed by atoms with Crippen molar-refractivity contribution in [1.29, 1.82) is 0 Å². The normalized spacial score (nSPS) is 15.3. The Morgan fingerprint density at radius 1 is 1.23 bits per heavy atom. The molecule has 3 heterocycles. The maximum Gasteiger partial charge on any atom is 0.191 e. The molecule has 4 rings (SSSR count). The number of hydrogen-bond donors (Lipinski definition) is 1. The lowest BCUT2D eigenvalue weighted by atomic mass is 10.2. The Bertz CT molecular complexity index is 822. The minimum Gasteiger partial charge on any atom is -0.461 e. The van der Waals surface area contributed by atoms with Gasteiger partial charge in [0.25, 0.3) is 0 Å². The number of nitrogens with two attached hydrogens (primary N) is 1. The number of thiazole rings is 1. The van der Waals surface area contributed by atoms with Gasteiger partial charge in [0.15, 0.2) is 11.1 Å². The van der Waals surface area contributed by atoms with Gasteiger partial charge < -0.3 is 20.0 Å². The Morgan fingerprint density at radius 2 is 2.04 bits per heavy atom. The maximum absolute atomic E-state index is 6.17. The van der Waals surface area contributed by atoms with Crippen molar-refractivity contribution >= 4 is 57.4 Å². The lowest BCUT2D eigenvalue weighted by Crippen LogP contribution is -2.51. The van der Waals surface area contributed by atoms with Crippen LogP contribution in [0.25, 0.3) is 11.0 Å². The number of para-hydroxylation sites is 1. The lowest BCUT2D eigenvalue weighted by Gasteiger charge is -2.35. The van der Waals surface area contributed by atoms with E-state index in [-0.39, 0.29) is 24.0 Å². The fourth-order valence-electron chi connectivity index (χ4n) is 3.04. The van der Waals surface area contributed by atoms with Gasteiger partial charge in [-0.05, 0) is 12.1 Å². The molecule has 0 aliphatic carbocycles. The highest BCUT2D eigenvalue weighted by Crippen LogP contribution is 2.20. The van der Waals surface area contributed by atoms with Gasteiger partial charge in [-0.25, -0.2) is 4.98 Å². The summed E-state index contributed by atoms with van der Waals surface area (Å²) < 4.78 is 5.81. The molecular weight excluding hydrogens is 461 g/mol. The first kappa shape index (κ1) is 19.0. The van der Waals surface area contributed by atoms with Crippen molar-refractivity contribution in [1.82, 2.24) is 9.88 Å². The van der Waals surface area contributed by atoms with Gasteiger partial charge in [0.1, 0.15) is 11.3 Å². The van der Waals surface area contributed by atoms with Crippen LogP contribution < -0.4 is 10.6 Å². The number of furan rings is 1. The van der Waals surface area contributed by atoms with Crippen LogP contribution in [0, 0.1) is 0 Å². The van der Waals surface area contributed by atoms with Gasteiger partial charge in [-0.1, -0.05) is 18.2 Å². The highest BCUT2D eigenvalue weighted by Gasteiger charge is 2.19. The van der Waals surface area contributed by atoms with Crippen molar-refractivity contribution in [3.05, 3.63) is 47.7 Å². The smallest absolute Gasteiger partial charge is 0.191 e. The number of nitrogens with zero attached hydrogens (tertiary/aromatic N) is 4. The van der Waals surface area contributed by atoms with Gasteiger partial charge in [0, 0.05) is 56.1 Å². The van der Waals surface area contributed by atoms with Crippen LogP contribution in [0.3, 0.4) is 0 Å².